The summed E-state index contributed by atoms with van der Waals surface area (Å²) in [6.07, 6.45) is 63.5. The van der Waals surface area contributed by atoms with Crippen molar-refractivity contribution in [1.29, 1.82) is 0 Å². The molecule has 0 aliphatic rings. The van der Waals surface area contributed by atoms with Crippen LogP contribution in [0.3, 0.4) is 0 Å². The maximum absolute atomic E-state index is 12.4. The number of unbranched alkanes of at least 4 members (excludes halogenated alkanes) is 41. The van der Waals surface area contributed by atoms with Crippen LogP contribution in [0.25, 0.3) is 0 Å². The second kappa shape index (κ2) is 54.2. The van der Waals surface area contributed by atoms with Crippen LogP contribution in [-0.2, 0) is 14.3 Å². The summed E-state index contributed by atoms with van der Waals surface area (Å²) in [6, 6.07) is -0.539. The Labute approximate surface area is 399 Å². The van der Waals surface area contributed by atoms with E-state index >= 15 is 0 Å². The van der Waals surface area contributed by atoms with Crippen LogP contribution >= 0.6 is 0 Å². The van der Waals surface area contributed by atoms with Crippen molar-refractivity contribution in [2.24, 2.45) is 0 Å². The standard InChI is InChI=1S/C58H113NO5/c1-3-5-7-9-11-13-15-16-28-32-36-40-44-48-52-58(63)64-53-49-45-41-37-33-29-26-24-22-20-18-17-19-21-23-25-27-31-35-39-43-47-51-57(62)59-55(54-60)56(61)50-46-42-38-34-30-14-12-10-8-6-4-2/h15-16,55-56,60-61H,3-14,17-54H2,1-2H3,(H,59,62)/b16-15-. The first kappa shape index (κ1) is 62.6. The zero-order valence-corrected chi connectivity index (χ0v) is 43.3. The van der Waals surface area contributed by atoms with Gasteiger partial charge in [-0.1, -0.05) is 270 Å². The maximum Gasteiger partial charge on any atom is 0.305 e. The molecule has 0 heterocycles. The molecule has 0 fully saturated rings. The summed E-state index contributed by atoms with van der Waals surface area (Å²) in [7, 11) is 0. The van der Waals surface area contributed by atoms with Gasteiger partial charge in [0, 0.05) is 12.8 Å². The Morgan fingerprint density at radius 1 is 0.422 bits per heavy atom. The molecule has 6 heteroatoms. The van der Waals surface area contributed by atoms with Gasteiger partial charge in [0.25, 0.3) is 0 Å². The number of nitrogens with one attached hydrogen (secondary N) is 1. The Hall–Kier alpha value is -1.40. The third kappa shape index (κ3) is 50.0. The number of hydrogen-bond donors (Lipinski definition) is 3. The average Bonchev–Trinajstić information content (AvgIpc) is 3.29. The van der Waals surface area contributed by atoms with E-state index in [4.69, 9.17) is 4.74 Å². The highest BCUT2D eigenvalue weighted by atomic mass is 16.5. The van der Waals surface area contributed by atoms with E-state index in [1.54, 1.807) is 0 Å². The molecule has 0 bridgehead atoms. The first-order valence-electron chi connectivity index (χ1n) is 28.9. The van der Waals surface area contributed by atoms with Gasteiger partial charge in [-0.25, -0.2) is 0 Å². The average molecular weight is 905 g/mol. The first-order chi connectivity index (χ1) is 31.5. The van der Waals surface area contributed by atoms with E-state index < -0.39 is 12.1 Å². The zero-order valence-electron chi connectivity index (χ0n) is 43.3. The van der Waals surface area contributed by atoms with Crippen molar-refractivity contribution in [1.82, 2.24) is 5.32 Å². The molecule has 0 aromatic rings. The molecule has 0 aliphatic carbocycles. The van der Waals surface area contributed by atoms with Crippen LogP contribution in [0.5, 0.6) is 0 Å². The highest BCUT2D eigenvalue weighted by molar-refractivity contribution is 5.76. The van der Waals surface area contributed by atoms with Crippen molar-refractivity contribution in [3.05, 3.63) is 12.2 Å². The molecule has 0 saturated carbocycles. The van der Waals surface area contributed by atoms with Gasteiger partial charge in [-0.2, -0.15) is 0 Å². The van der Waals surface area contributed by atoms with Gasteiger partial charge in [-0.3, -0.25) is 9.59 Å². The van der Waals surface area contributed by atoms with Crippen molar-refractivity contribution >= 4 is 11.9 Å². The van der Waals surface area contributed by atoms with E-state index in [0.29, 0.717) is 25.9 Å². The van der Waals surface area contributed by atoms with Crippen LogP contribution in [-0.4, -0.2) is 47.4 Å². The van der Waals surface area contributed by atoms with Gasteiger partial charge in [0.15, 0.2) is 0 Å². The molecule has 0 saturated heterocycles. The van der Waals surface area contributed by atoms with Crippen LogP contribution in [0.15, 0.2) is 12.2 Å². The Kier molecular flexibility index (Phi) is 53.0. The maximum atomic E-state index is 12.4. The Morgan fingerprint density at radius 2 is 0.734 bits per heavy atom. The van der Waals surface area contributed by atoms with E-state index in [-0.39, 0.29) is 18.5 Å². The van der Waals surface area contributed by atoms with Crippen LogP contribution in [0, 0.1) is 0 Å². The van der Waals surface area contributed by atoms with Gasteiger partial charge in [0.2, 0.25) is 5.91 Å². The minimum Gasteiger partial charge on any atom is -0.466 e. The van der Waals surface area contributed by atoms with Crippen LogP contribution in [0.2, 0.25) is 0 Å². The van der Waals surface area contributed by atoms with Gasteiger partial charge in [-0.15, -0.1) is 0 Å². The Morgan fingerprint density at radius 3 is 1.11 bits per heavy atom. The number of esters is 1. The number of ether oxygens (including phenoxy) is 1. The predicted octanol–water partition coefficient (Wildman–Crippen LogP) is 17.7. The smallest absolute Gasteiger partial charge is 0.305 e. The Balaban J connectivity index is 3.35. The minimum absolute atomic E-state index is 0.00503. The monoisotopic (exact) mass is 904 g/mol. The molecule has 2 atom stereocenters. The van der Waals surface area contributed by atoms with Gasteiger partial charge in [-0.05, 0) is 51.4 Å². The molecule has 0 spiro atoms. The first-order valence-corrected chi connectivity index (χ1v) is 28.9. The molecular weight excluding hydrogens is 791 g/mol. The third-order valence-corrected chi connectivity index (χ3v) is 13.6. The van der Waals surface area contributed by atoms with E-state index in [1.165, 1.54) is 244 Å². The van der Waals surface area contributed by atoms with E-state index in [1.807, 2.05) is 0 Å². The summed E-state index contributed by atoms with van der Waals surface area (Å²) >= 11 is 0. The minimum atomic E-state index is -0.662. The predicted molar refractivity (Wildman–Crippen MR) is 278 cm³/mol. The summed E-state index contributed by atoms with van der Waals surface area (Å²) in [6.45, 7) is 4.94. The third-order valence-electron chi connectivity index (χ3n) is 13.6. The summed E-state index contributed by atoms with van der Waals surface area (Å²) in [4.78, 5) is 24.5. The molecule has 0 rings (SSSR count). The molecule has 6 nitrogen and oxygen atoms in total. The molecule has 64 heavy (non-hydrogen) atoms. The normalized spacial score (nSPS) is 12.6. The highest BCUT2D eigenvalue weighted by Crippen LogP contribution is 2.17. The molecule has 0 aromatic heterocycles. The molecular formula is C58H113NO5. The summed E-state index contributed by atoms with van der Waals surface area (Å²) in [5.41, 5.74) is 0. The number of amides is 1. The van der Waals surface area contributed by atoms with Crippen molar-refractivity contribution in [2.45, 2.75) is 334 Å². The quantitative estimate of drug-likeness (QED) is 0.0321. The number of aliphatic hydroxyl groups is 2. The molecule has 0 aromatic carbocycles. The van der Waals surface area contributed by atoms with Gasteiger partial charge in [0.05, 0.1) is 25.4 Å². The summed E-state index contributed by atoms with van der Waals surface area (Å²) in [5, 5.41) is 23.2. The van der Waals surface area contributed by atoms with Gasteiger partial charge >= 0.3 is 5.97 Å². The topological polar surface area (TPSA) is 95.9 Å². The fourth-order valence-electron chi connectivity index (χ4n) is 9.11. The van der Waals surface area contributed by atoms with Crippen molar-refractivity contribution < 1.29 is 24.5 Å². The second-order valence-corrected chi connectivity index (χ2v) is 20.0. The van der Waals surface area contributed by atoms with Gasteiger partial charge in [0.1, 0.15) is 0 Å². The molecule has 0 aliphatic heterocycles. The molecule has 3 N–H and O–H groups in total. The van der Waals surface area contributed by atoms with E-state index in [9.17, 15) is 19.8 Å². The van der Waals surface area contributed by atoms with Crippen molar-refractivity contribution in [3.8, 4) is 0 Å². The number of hydrogen-bond acceptors (Lipinski definition) is 5. The fourth-order valence-corrected chi connectivity index (χ4v) is 9.11. The number of rotatable bonds is 54. The number of aliphatic hydroxyl groups excluding tert-OH is 2. The van der Waals surface area contributed by atoms with E-state index in [2.05, 4.69) is 31.3 Å². The summed E-state index contributed by atoms with van der Waals surface area (Å²) in [5.74, 6) is -0.0301. The number of carbonyl (C=O) groups excluding carboxylic acids is 2. The lowest BCUT2D eigenvalue weighted by Crippen LogP contribution is -2.45. The molecule has 2 unspecified atom stereocenters. The highest BCUT2D eigenvalue weighted by Gasteiger charge is 2.20. The molecule has 380 valence electrons. The second-order valence-electron chi connectivity index (χ2n) is 20.0. The van der Waals surface area contributed by atoms with Gasteiger partial charge < -0.3 is 20.3 Å². The van der Waals surface area contributed by atoms with Crippen LogP contribution in [0.4, 0.5) is 0 Å². The lowest BCUT2D eigenvalue weighted by molar-refractivity contribution is -0.143. The lowest BCUT2D eigenvalue weighted by atomic mass is 10.0. The fraction of sp³-hybridized carbons (Fsp3) is 0.931. The van der Waals surface area contributed by atoms with Crippen molar-refractivity contribution in [2.75, 3.05) is 13.2 Å². The lowest BCUT2D eigenvalue weighted by Gasteiger charge is -2.22. The Bertz CT molecular complexity index is 955. The number of carbonyl (C=O) groups is 2. The number of allylic oxidation sites excluding steroid dienone is 2. The van der Waals surface area contributed by atoms with Crippen LogP contribution < -0.4 is 5.32 Å². The molecule has 0 radical (unpaired) electrons. The summed E-state index contributed by atoms with van der Waals surface area (Å²) < 4.78 is 5.47. The zero-order chi connectivity index (χ0) is 46.5. The van der Waals surface area contributed by atoms with Crippen molar-refractivity contribution in [3.63, 3.8) is 0 Å². The van der Waals surface area contributed by atoms with E-state index in [0.717, 1.165) is 44.9 Å². The largest absolute Gasteiger partial charge is 0.466 e. The molecule has 1 amide bonds. The van der Waals surface area contributed by atoms with Crippen LogP contribution in [0.1, 0.15) is 322 Å². The SMILES string of the molecule is CCCCCCC/C=C\CCCCCCCC(=O)OCCCCCCCCCCCCCCCCCCCCCCCCC(=O)NC(CO)C(O)CCCCCCCCCCCCC.